The van der Waals surface area contributed by atoms with Gasteiger partial charge in [-0.2, -0.15) is 0 Å². The van der Waals surface area contributed by atoms with Crippen LogP contribution in [0, 0.1) is 11.8 Å². The van der Waals surface area contributed by atoms with Crippen molar-refractivity contribution in [3.05, 3.63) is 56.5 Å². The smallest absolute Gasteiger partial charge is 0.318 e. The number of halogens is 3. The van der Waals surface area contributed by atoms with E-state index in [2.05, 4.69) is 54.5 Å². The predicted octanol–water partition coefficient (Wildman–Crippen LogP) is 4.48. The molecule has 0 saturated heterocycles. The van der Waals surface area contributed by atoms with Gasteiger partial charge in [0.15, 0.2) is 5.78 Å². The van der Waals surface area contributed by atoms with E-state index in [-0.39, 0.29) is 6.42 Å². The Balaban J connectivity index is 2.23. The zero-order valence-corrected chi connectivity index (χ0v) is 23.6. The number of carbonyl (C=O) groups is 4. The van der Waals surface area contributed by atoms with Crippen molar-refractivity contribution in [1.82, 2.24) is 0 Å². The van der Waals surface area contributed by atoms with Crippen LogP contribution in [0.5, 0.6) is 0 Å². The quantitative estimate of drug-likeness (QED) is 0.152. The fraction of sp³-hybridized carbons (Fsp3) is 0.333. The van der Waals surface area contributed by atoms with Crippen molar-refractivity contribution >= 4 is 78.1 Å². The maximum atomic E-state index is 13.9. The number of alkyl halides is 1. The maximum Gasteiger partial charge on any atom is 0.318 e. The number of carbonyl (C=O) groups excluding carboxylic acids is 4. The Hall–Kier alpha value is -1.79. The first-order valence-corrected chi connectivity index (χ1v) is 12.8. The van der Waals surface area contributed by atoms with E-state index in [1.54, 1.807) is 18.2 Å². The number of fused-ring (bicyclic) bond motifs is 6. The maximum absolute atomic E-state index is 13.9. The molecule has 4 rings (SSSR count). The minimum atomic E-state index is -1.47. The Kier molecular flexibility index (Phi) is 6.71. The first-order valence-electron chi connectivity index (χ1n) is 10.1. The molecule has 0 aliphatic heterocycles. The summed E-state index contributed by atoms with van der Waals surface area (Å²) in [5.41, 5.74) is 1.25. The first-order chi connectivity index (χ1) is 16.1. The molecule has 3 unspecified atom stereocenters. The normalized spacial score (nSPS) is 26.7. The second-order valence-electron chi connectivity index (χ2n) is 8.13. The molecule has 0 radical (unpaired) electrons. The number of benzene rings is 2. The van der Waals surface area contributed by atoms with Crippen LogP contribution >= 0.6 is 54.5 Å². The number of esters is 3. The summed E-state index contributed by atoms with van der Waals surface area (Å²) in [5.74, 6) is -5.67. The number of ether oxygens (including phenoxy) is 3. The molecular weight excluding hydrogens is 687 g/mol. The van der Waals surface area contributed by atoms with E-state index < -0.39 is 44.4 Å². The average molecular weight is 706 g/mol. The molecule has 34 heavy (non-hydrogen) atoms. The van der Waals surface area contributed by atoms with Gasteiger partial charge in [-0.05, 0) is 46.5 Å². The third-order valence-corrected chi connectivity index (χ3v) is 9.91. The highest BCUT2D eigenvalue weighted by molar-refractivity contribution is 14.1. The lowest BCUT2D eigenvalue weighted by Crippen LogP contribution is -2.53. The van der Waals surface area contributed by atoms with Crippen LogP contribution in [-0.2, 0) is 42.2 Å². The lowest BCUT2D eigenvalue weighted by atomic mass is 9.57. The second kappa shape index (κ2) is 9.02. The van der Waals surface area contributed by atoms with Crippen molar-refractivity contribution in [3.63, 3.8) is 0 Å². The summed E-state index contributed by atoms with van der Waals surface area (Å²) in [6, 6.07) is 10.9. The highest BCUT2D eigenvalue weighted by Gasteiger charge is 2.76. The number of hydrogen-bond donors (Lipinski definition) is 0. The molecule has 1 fully saturated rings. The minimum absolute atomic E-state index is 0.324. The van der Waals surface area contributed by atoms with Crippen LogP contribution in [0.3, 0.4) is 0 Å². The summed E-state index contributed by atoms with van der Waals surface area (Å²) < 4.78 is 15.4. The van der Waals surface area contributed by atoms with Gasteiger partial charge in [0.1, 0.15) is 11.8 Å². The van der Waals surface area contributed by atoms with Crippen LogP contribution in [0.1, 0.15) is 17.5 Å². The molecule has 2 aliphatic rings. The third-order valence-electron chi connectivity index (χ3n) is 6.76. The zero-order chi connectivity index (χ0) is 25.0. The van der Waals surface area contributed by atoms with Gasteiger partial charge in [0, 0.05) is 14.4 Å². The van der Waals surface area contributed by atoms with Gasteiger partial charge in [-0.3, -0.25) is 19.2 Å². The number of methoxy groups -OCH3 is 3. The van der Waals surface area contributed by atoms with Crippen molar-refractivity contribution in [2.24, 2.45) is 11.8 Å². The van der Waals surface area contributed by atoms with E-state index in [0.717, 1.165) is 20.1 Å². The Bertz CT molecular complexity index is 1250. The molecule has 0 amide bonds. The summed E-state index contributed by atoms with van der Waals surface area (Å²) in [6.07, 6.45) is -0.324. The van der Waals surface area contributed by atoms with Crippen LogP contribution < -0.4 is 0 Å². The van der Waals surface area contributed by atoms with Crippen LogP contribution in [0.4, 0.5) is 0 Å². The molecular formula is C24H19Br2IO7. The van der Waals surface area contributed by atoms with Crippen molar-refractivity contribution < 1.29 is 33.4 Å². The molecule has 0 bridgehead atoms. The molecule has 178 valence electrons. The van der Waals surface area contributed by atoms with Crippen LogP contribution in [0.2, 0.25) is 0 Å². The average Bonchev–Trinajstić information content (AvgIpc) is 3.01. The van der Waals surface area contributed by atoms with Gasteiger partial charge in [0.25, 0.3) is 0 Å². The van der Waals surface area contributed by atoms with E-state index >= 15 is 0 Å². The zero-order valence-electron chi connectivity index (χ0n) is 18.3. The Morgan fingerprint density at radius 3 is 1.88 bits per heavy atom. The standard InChI is InChI=1S/C24H19Br2IO7/c1-32-17(28)10-23-15-6-4-11(25)8-13(15)14-9-12(26)5-7-16(14)24(23,27)19(22(31)34-3)20(29)18(23)21(30)33-2/h4-9,18-19H,10H2,1-3H3/t18?,19?,23-,24?/m0/s1. The topological polar surface area (TPSA) is 96.0 Å². The summed E-state index contributed by atoms with van der Waals surface area (Å²) >= 11 is 9.09. The van der Waals surface area contributed by atoms with E-state index in [9.17, 15) is 19.2 Å². The summed E-state index contributed by atoms with van der Waals surface area (Å²) in [5, 5.41) is 0. The molecule has 1 saturated carbocycles. The summed E-state index contributed by atoms with van der Waals surface area (Å²) in [7, 11) is 3.61. The lowest BCUT2D eigenvalue weighted by molar-refractivity contribution is -0.153. The molecule has 2 aliphatic carbocycles. The molecule has 2 aromatic rings. The van der Waals surface area contributed by atoms with E-state index in [4.69, 9.17) is 14.2 Å². The Morgan fingerprint density at radius 1 is 0.853 bits per heavy atom. The van der Waals surface area contributed by atoms with E-state index in [0.29, 0.717) is 11.1 Å². The monoisotopic (exact) mass is 704 g/mol. The van der Waals surface area contributed by atoms with Crippen molar-refractivity contribution in [2.75, 3.05) is 21.3 Å². The third kappa shape index (κ3) is 3.31. The van der Waals surface area contributed by atoms with Crippen LogP contribution in [0.15, 0.2) is 45.3 Å². The number of hydrogen-bond acceptors (Lipinski definition) is 7. The fourth-order valence-electron chi connectivity index (χ4n) is 5.46. The molecule has 2 aromatic carbocycles. The molecule has 0 heterocycles. The number of Topliss-reactive ketones (excluding diaryl/α,β-unsaturated/α-hetero) is 1. The van der Waals surface area contributed by atoms with Gasteiger partial charge < -0.3 is 14.2 Å². The predicted molar refractivity (Wildman–Crippen MR) is 137 cm³/mol. The SMILES string of the molecule is COC(=O)C[C@@]12c3ccc(Br)cc3-c3cc(Br)ccc3C1(I)C(C(=O)OC)C(=O)C2C(=O)OC. The number of ketones is 1. The van der Waals surface area contributed by atoms with Crippen LogP contribution in [-0.4, -0.2) is 45.0 Å². The molecule has 0 spiro atoms. The number of rotatable bonds is 4. The van der Waals surface area contributed by atoms with Gasteiger partial charge in [-0.1, -0.05) is 66.6 Å². The van der Waals surface area contributed by atoms with E-state index in [1.165, 1.54) is 21.3 Å². The minimum Gasteiger partial charge on any atom is -0.469 e. The molecule has 0 N–H and O–H groups in total. The largest absolute Gasteiger partial charge is 0.469 e. The van der Waals surface area contributed by atoms with Gasteiger partial charge in [0.05, 0.1) is 31.2 Å². The molecule has 7 nitrogen and oxygen atoms in total. The Morgan fingerprint density at radius 2 is 1.35 bits per heavy atom. The van der Waals surface area contributed by atoms with Crippen molar-refractivity contribution in [1.29, 1.82) is 0 Å². The lowest BCUT2D eigenvalue weighted by Gasteiger charge is -2.50. The van der Waals surface area contributed by atoms with Gasteiger partial charge in [-0.15, -0.1) is 0 Å². The molecule has 0 aromatic heterocycles. The van der Waals surface area contributed by atoms with Gasteiger partial charge in [-0.25, -0.2) is 0 Å². The summed E-state index contributed by atoms with van der Waals surface area (Å²) in [4.78, 5) is 53.2. The van der Waals surface area contributed by atoms with Crippen molar-refractivity contribution in [3.8, 4) is 11.1 Å². The molecule has 4 atom stereocenters. The highest BCUT2D eigenvalue weighted by Crippen LogP contribution is 2.70. The second-order valence-corrected chi connectivity index (χ2v) is 11.7. The fourth-order valence-corrected chi connectivity index (χ4v) is 8.01. The first kappa shape index (κ1) is 25.3. The van der Waals surface area contributed by atoms with Gasteiger partial charge >= 0.3 is 17.9 Å². The summed E-state index contributed by atoms with van der Waals surface area (Å²) in [6.45, 7) is 0. The van der Waals surface area contributed by atoms with Crippen molar-refractivity contribution in [2.45, 2.75) is 15.3 Å². The Labute approximate surface area is 226 Å². The van der Waals surface area contributed by atoms with Gasteiger partial charge in [0.2, 0.25) is 0 Å². The highest BCUT2D eigenvalue weighted by atomic mass is 127. The van der Waals surface area contributed by atoms with Crippen LogP contribution in [0.25, 0.3) is 11.1 Å². The van der Waals surface area contributed by atoms with E-state index in [1.807, 2.05) is 18.2 Å². The molecule has 10 heteroatoms.